The molecule has 0 radical (unpaired) electrons. The fraction of sp³-hybridized carbons (Fsp3) is 0.375. The first kappa shape index (κ1) is 31.7. The second-order valence-electron chi connectivity index (χ2n) is 10.0. The van der Waals surface area contributed by atoms with Crippen LogP contribution in [-0.4, -0.2) is 51.4 Å². The third kappa shape index (κ3) is 8.10. The minimum absolute atomic E-state index is 0.0709. The van der Waals surface area contributed by atoms with Crippen LogP contribution in [0.2, 0.25) is 0 Å². The van der Waals surface area contributed by atoms with Crippen LogP contribution >= 0.6 is 0 Å². The van der Waals surface area contributed by atoms with Gasteiger partial charge in [-0.05, 0) is 74.2 Å². The van der Waals surface area contributed by atoms with Crippen LogP contribution in [0.1, 0.15) is 49.8 Å². The van der Waals surface area contributed by atoms with E-state index < -0.39 is 28.5 Å². The number of carbonyl (C=O) groups is 2. The second-order valence-corrected chi connectivity index (χ2v) is 11.9. The number of anilines is 1. The minimum atomic E-state index is -4.13. The van der Waals surface area contributed by atoms with E-state index in [1.807, 2.05) is 52.0 Å². The molecule has 8 nitrogen and oxygen atoms in total. The van der Waals surface area contributed by atoms with Crippen molar-refractivity contribution in [2.45, 2.75) is 64.4 Å². The highest BCUT2D eigenvalue weighted by Gasteiger charge is 2.33. The SMILES string of the molecule is CCCCNC(=O)C(CC)N(Cc1ccccc1C)C(=O)CN(c1ccc(OC)cc1)S(=O)(=O)c1ccc(C)cc1. The van der Waals surface area contributed by atoms with E-state index in [9.17, 15) is 18.0 Å². The molecule has 0 saturated carbocycles. The molecule has 0 aliphatic carbocycles. The lowest BCUT2D eigenvalue weighted by molar-refractivity contribution is -0.140. The van der Waals surface area contributed by atoms with Crippen molar-refractivity contribution < 1.29 is 22.7 Å². The molecule has 3 aromatic carbocycles. The van der Waals surface area contributed by atoms with Gasteiger partial charge in [-0.25, -0.2) is 8.42 Å². The normalized spacial score (nSPS) is 11.9. The largest absolute Gasteiger partial charge is 0.497 e. The van der Waals surface area contributed by atoms with E-state index in [2.05, 4.69) is 5.32 Å². The highest BCUT2D eigenvalue weighted by atomic mass is 32.2. The van der Waals surface area contributed by atoms with Gasteiger partial charge in [0.2, 0.25) is 11.8 Å². The molecule has 1 N–H and O–H groups in total. The lowest BCUT2D eigenvalue weighted by Gasteiger charge is -2.33. The van der Waals surface area contributed by atoms with Crippen LogP contribution < -0.4 is 14.4 Å². The van der Waals surface area contributed by atoms with Crippen LogP contribution in [0.15, 0.2) is 77.7 Å². The third-order valence-corrected chi connectivity index (χ3v) is 8.85. The van der Waals surface area contributed by atoms with Crippen molar-refractivity contribution in [3.8, 4) is 5.75 Å². The summed E-state index contributed by atoms with van der Waals surface area (Å²) in [7, 11) is -2.60. The molecule has 9 heteroatoms. The lowest BCUT2D eigenvalue weighted by atomic mass is 10.1. The lowest BCUT2D eigenvalue weighted by Crippen LogP contribution is -2.52. The van der Waals surface area contributed by atoms with Crippen molar-refractivity contribution in [1.82, 2.24) is 10.2 Å². The van der Waals surface area contributed by atoms with Gasteiger partial charge in [0.05, 0.1) is 17.7 Å². The van der Waals surface area contributed by atoms with Crippen LogP contribution in [0.25, 0.3) is 0 Å². The smallest absolute Gasteiger partial charge is 0.264 e. The zero-order chi connectivity index (χ0) is 30.0. The second kappa shape index (κ2) is 14.7. The van der Waals surface area contributed by atoms with E-state index in [0.717, 1.165) is 33.8 Å². The van der Waals surface area contributed by atoms with Crippen molar-refractivity contribution in [3.63, 3.8) is 0 Å². The average Bonchev–Trinajstić information content (AvgIpc) is 2.97. The van der Waals surface area contributed by atoms with Crippen LogP contribution in [0.5, 0.6) is 5.75 Å². The van der Waals surface area contributed by atoms with Gasteiger partial charge in [0.15, 0.2) is 0 Å². The number of hydrogen-bond donors (Lipinski definition) is 1. The summed E-state index contributed by atoms with van der Waals surface area (Å²) in [5.41, 5.74) is 3.10. The van der Waals surface area contributed by atoms with Gasteiger partial charge >= 0.3 is 0 Å². The zero-order valence-corrected chi connectivity index (χ0v) is 25.4. The fourth-order valence-corrected chi connectivity index (χ4v) is 5.93. The first-order valence-electron chi connectivity index (χ1n) is 14.0. The standard InChI is InChI=1S/C32H41N3O5S/c1-6-8-21-33-32(37)30(7-2)34(22-26-12-10-9-11-25(26)4)31(36)23-35(27-15-17-28(40-5)18-16-27)41(38,39)29-19-13-24(3)14-20-29/h9-20,30H,6-8,21-23H2,1-5H3,(H,33,37). The van der Waals surface area contributed by atoms with Crippen molar-refractivity contribution >= 4 is 27.5 Å². The highest BCUT2D eigenvalue weighted by Crippen LogP contribution is 2.27. The van der Waals surface area contributed by atoms with Gasteiger partial charge in [0.1, 0.15) is 18.3 Å². The molecule has 0 fully saturated rings. The number of methoxy groups -OCH3 is 1. The van der Waals surface area contributed by atoms with Crippen LogP contribution in [0.4, 0.5) is 5.69 Å². The number of hydrogen-bond acceptors (Lipinski definition) is 5. The number of benzene rings is 3. The topological polar surface area (TPSA) is 96.0 Å². The van der Waals surface area contributed by atoms with Crippen molar-refractivity contribution in [1.29, 1.82) is 0 Å². The Morgan fingerprint density at radius 3 is 2.17 bits per heavy atom. The first-order valence-corrected chi connectivity index (χ1v) is 15.4. The number of nitrogens with zero attached hydrogens (tertiary/aromatic N) is 2. The molecular formula is C32H41N3O5S. The van der Waals surface area contributed by atoms with E-state index in [0.29, 0.717) is 24.4 Å². The Kier molecular flexibility index (Phi) is 11.3. The van der Waals surface area contributed by atoms with Gasteiger partial charge in [-0.3, -0.25) is 13.9 Å². The molecular weight excluding hydrogens is 538 g/mol. The Hall–Kier alpha value is -3.85. The van der Waals surface area contributed by atoms with Gasteiger partial charge in [-0.1, -0.05) is 62.2 Å². The molecule has 1 unspecified atom stereocenters. The molecule has 220 valence electrons. The van der Waals surface area contributed by atoms with Crippen molar-refractivity contribution in [2.24, 2.45) is 0 Å². The van der Waals surface area contributed by atoms with Crippen LogP contribution in [0.3, 0.4) is 0 Å². The molecule has 3 rings (SSSR count). The molecule has 0 aromatic heterocycles. The number of amides is 2. The molecule has 0 aliphatic heterocycles. The van der Waals surface area contributed by atoms with Crippen molar-refractivity contribution in [3.05, 3.63) is 89.5 Å². The summed E-state index contributed by atoms with van der Waals surface area (Å²) >= 11 is 0. The highest BCUT2D eigenvalue weighted by molar-refractivity contribution is 7.92. The maximum atomic E-state index is 14.1. The van der Waals surface area contributed by atoms with E-state index in [4.69, 9.17) is 4.74 Å². The Balaban J connectivity index is 2.05. The molecule has 0 bridgehead atoms. The van der Waals surface area contributed by atoms with E-state index in [1.54, 1.807) is 36.4 Å². The van der Waals surface area contributed by atoms with Gasteiger partial charge in [0.25, 0.3) is 10.0 Å². The summed E-state index contributed by atoms with van der Waals surface area (Å²) < 4.78 is 34.3. The van der Waals surface area contributed by atoms with Gasteiger partial charge in [0, 0.05) is 13.1 Å². The Bertz CT molecular complexity index is 1410. The molecule has 0 heterocycles. The predicted octanol–water partition coefficient (Wildman–Crippen LogP) is 5.23. The number of aryl methyl sites for hydroxylation is 2. The summed E-state index contributed by atoms with van der Waals surface area (Å²) in [6, 6.07) is 19.9. The van der Waals surface area contributed by atoms with Crippen LogP contribution in [0, 0.1) is 13.8 Å². The van der Waals surface area contributed by atoms with E-state index in [-0.39, 0.29) is 17.3 Å². The molecule has 0 saturated heterocycles. The van der Waals surface area contributed by atoms with E-state index in [1.165, 1.54) is 24.1 Å². The molecule has 0 aliphatic rings. The maximum absolute atomic E-state index is 14.1. The average molecular weight is 580 g/mol. The molecule has 0 spiro atoms. The maximum Gasteiger partial charge on any atom is 0.264 e. The van der Waals surface area contributed by atoms with Gasteiger partial charge in [-0.15, -0.1) is 0 Å². The summed E-state index contributed by atoms with van der Waals surface area (Å²) in [6.07, 6.45) is 2.13. The summed E-state index contributed by atoms with van der Waals surface area (Å²) in [6.45, 7) is 7.93. The predicted molar refractivity (Wildman–Crippen MR) is 162 cm³/mol. The number of rotatable bonds is 14. The Morgan fingerprint density at radius 2 is 1.59 bits per heavy atom. The molecule has 3 aromatic rings. The van der Waals surface area contributed by atoms with Crippen LogP contribution in [-0.2, 0) is 26.2 Å². The number of carbonyl (C=O) groups excluding carboxylic acids is 2. The van der Waals surface area contributed by atoms with E-state index >= 15 is 0 Å². The molecule has 2 amide bonds. The monoisotopic (exact) mass is 579 g/mol. The minimum Gasteiger partial charge on any atom is -0.497 e. The number of ether oxygens (including phenoxy) is 1. The Labute approximate surface area is 244 Å². The fourth-order valence-electron chi connectivity index (χ4n) is 4.51. The number of unbranched alkanes of at least 4 members (excludes halogenated alkanes) is 1. The number of sulfonamides is 1. The van der Waals surface area contributed by atoms with Crippen molar-refractivity contribution in [2.75, 3.05) is 24.5 Å². The number of nitrogens with one attached hydrogen (secondary N) is 1. The summed E-state index contributed by atoms with van der Waals surface area (Å²) in [4.78, 5) is 29.0. The zero-order valence-electron chi connectivity index (χ0n) is 24.6. The van der Waals surface area contributed by atoms with Gasteiger partial charge < -0.3 is 15.0 Å². The quantitative estimate of drug-likeness (QED) is 0.264. The van der Waals surface area contributed by atoms with Gasteiger partial charge in [-0.2, -0.15) is 0 Å². The third-order valence-electron chi connectivity index (χ3n) is 7.07. The summed E-state index contributed by atoms with van der Waals surface area (Å²) in [5, 5.41) is 2.95. The molecule has 41 heavy (non-hydrogen) atoms. The summed E-state index contributed by atoms with van der Waals surface area (Å²) in [5.74, 6) is -0.166. The first-order chi connectivity index (χ1) is 19.6. The molecule has 1 atom stereocenters. The Morgan fingerprint density at radius 1 is 0.927 bits per heavy atom.